The molecule has 2 aliphatic heterocycles. The summed E-state index contributed by atoms with van der Waals surface area (Å²) < 4.78 is 29.4. The summed E-state index contributed by atoms with van der Waals surface area (Å²) in [6.45, 7) is 0.964. The van der Waals surface area contributed by atoms with Crippen molar-refractivity contribution in [1.29, 1.82) is 0 Å². The molecule has 0 aliphatic carbocycles. The summed E-state index contributed by atoms with van der Waals surface area (Å²) in [5.74, 6) is 0.603. The van der Waals surface area contributed by atoms with Crippen LogP contribution >= 0.6 is 7.60 Å². The van der Waals surface area contributed by atoms with Gasteiger partial charge in [0.25, 0.3) is 0 Å². The number of hydrogen-bond acceptors (Lipinski definition) is 4. The number of epoxide rings is 1. The molecule has 2 aromatic rings. The Hall–Kier alpha value is -1.61. The van der Waals surface area contributed by atoms with Crippen molar-refractivity contribution in [3.63, 3.8) is 0 Å². The molecular weight excluding hydrogens is 275 g/mol. The standard InChI is InChI=1S/C15H13O4P/c16-20(18-10-11-9-17-11)15-8-4-2-6-13(15)12-5-1-3-7-14(12)19-20/h1-8,11H,9-10H2. The Labute approximate surface area is 116 Å². The quantitative estimate of drug-likeness (QED) is 0.643. The largest absolute Gasteiger partial charge is 0.421 e. The molecule has 1 fully saturated rings. The first-order chi connectivity index (χ1) is 9.76. The maximum absolute atomic E-state index is 13.1. The molecule has 4 rings (SSSR count). The Morgan fingerprint density at radius 1 is 1.10 bits per heavy atom. The molecule has 0 radical (unpaired) electrons. The third-order valence-corrected chi connectivity index (χ3v) is 5.33. The zero-order valence-electron chi connectivity index (χ0n) is 10.7. The van der Waals surface area contributed by atoms with Gasteiger partial charge in [-0.2, -0.15) is 0 Å². The molecule has 0 N–H and O–H groups in total. The lowest BCUT2D eigenvalue weighted by Crippen LogP contribution is -2.20. The minimum atomic E-state index is -3.33. The Morgan fingerprint density at radius 2 is 1.80 bits per heavy atom. The number of hydrogen-bond donors (Lipinski definition) is 0. The number of ether oxygens (including phenoxy) is 1. The van der Waals surface area contributed by atoms with E-state index in [1.807, 2.05) is 42.5 Å². The van der Waals surface area contributed by atoms with E-state index in [4.69, 9.17) is 13.8 Å². The van der Waals surface area contributed by atoms with Crippen molar-refractivity contribution < 1.29 is 18.3 Å². The van der Waals surface area contributed by atoms with Crippen LogP contribution in [0, 0.1) is 0 Å². The van der Waals surface area contributed by atoms with E-state index in [0.717, 1.165) is 11.1 Å². The second kappa shape index (κ2) is 4.45. The highest BCUT2D eigenvalue weighted by atomic mass is 31.2. The number of para-hydroxylation sites is 1. The topological polar surface area (TPSA) is 48.1 Å². The molecule has 4 nitrogen and oxygen atoms in total. The highest BCUT2D eigenvalue weighted by Crippen LogP contribution is 2.55. The van der Waals surface area contributed by atoms with Gasteiger partial charge in [-0.05, 0) is 12.1 Å². The van der Waals surface area contributed by atoms with E-state index >= 15 is 0 Å². The average Bonchev–Trinajstić information content (AvgIpc) is 3.30. The molecule has 5 heteroatoms. The Kier molecular flexibility index (Phi) is 2.71. The third-order valence-electron chi connectivity index (χ3n) is 3.43. The fraction of sp³-hybridized carbons (Fsp3) is 0.200. The minimum absolute atomic E-state index is 0.0498. The van der Waals surface area contributed by atoms with Crippen LogP contribution in [0.4, 0.5) is 0 Å². The molecule has 2 aromatic carbocycles. The predicted molar refractivity (Wildman–Crippen MR) is 75.4 cm³/mol. The van der Waals surface area contributed by atoms with E-state index in [0.29, 0.717) is 24.3 Å². The first kappa shape index (κ1) is 12.2. The van der Waals surface area contributed by atoms with Gasteiger partial charge in [-0.25, -0.2) is 4.57 Å². The van der Waals surface area contributed by atoms with Gasteiger partial charge >= 0.3 is 7.60 Å². The highest BCUT2D eigenvalue weighted by Gasteiger charge is 2.39. The van der Waals surface area contributed by atoms with Gasteiger partial charge in [0.1, 0.15) is 11.9 Å². The van der Waals surface area contributed by atoms with Crippen LogP contribution in [-0.4, -0.2) is 19.3 Å². The van der Waals surface area contributed by atoms with Crippen LogP contribution < -0.4 is 9.83 Å². The van der Waals surface area contributed by atoms with Crippen LogP contribution in [0.3, 0.4) is 0 Å². The normalized spacial score (nSPS) is 26.3. The summed E-state index contributed by atoms with van der Waals surface area (Å²) in [4.78, 5) is 0. The van der Waals surface area contributed by atoms with Crippen LogP contribution in [0.15, 0.2) is 48.5 Å². The first-order valence-corrected chi connectivity index (χ1v) is 8.05. The SMILES string of the molecule is O=P1(OCC2CO2)Oc2ccccc2-c2ccccc21. The predicted octanol–water partition coefficient (Wildman–Crippen LogP) is 2.98. The smallest absolute Gasteiger partial charge is 0.411 e. The summed E-state index contributed by atoms with van der Waals surface area (Å²) in [6.07, 6.45) is 0.0498. The van der Waals surface area contributed by atoms with Crippen LogP contribution in [0.25, 0.3) is 11.1 Å². The molecule has 2 aliphatic rings. The monoisotopic (exact) mass is 288 g/mol. The van der Waals surface area contributed by atoms with Gasteiger partial charge in [0.2, 0.25) is 0 Å². The lowest BCUT2D eigenvalue weighted by atomic mass is 10.0. The van der Waals surface area contributed by atoms with E-state index in [9.17, 15) is 4.57 Å². The highest BCUT2D eigenvalue weighted by molar-refractivity contribution is 7.63. The zero-order chi connectivity index (χ0) is 13.6. The summed E-state index contributed by atoms with van der Waals surface area (Å²) >= 11 is 0. The molecule has 0 aromatic heterocycles. The van der Waals surface area contributed by atoms with Crippen LogP contribution in [0.1, 0.15) is 0 Å². The maximum atomic E-state index is 13.1. The molecule has 0 amide bonds. The van der Waals surface area contributed by atoms with E-state index in [1.54, 1.807) is 6.07 Å². The minimum Gasteiger partial charge on any atom is -0.421 e. The molecule has 0 bridgehead atoms. The van der Waals surface area contributed by atoms with E-state index < -0.39 is 7.60 Å². The first-order valence-electron chi connectivity index (χ1n) is 6.51. The van der Waals surface area contributed by atoms with E-state index in [2.05, 4.69) is 0 Å². The Morgan fingerprint density at radius 3 is 2.60 bits per heavy atom. The lowest BCUT2D eigenvalue weighted by Gasteiger charge is -2.27. The van der Waals surface area contributed by atoms with Crippen molar-refractivity contribution in [2.45, 2.75) is 6.10 Å². The van der Waals surface area contributed by atoms with Gasteiger partial charge in [0.05, 0.1) is 18.5 Å². The Bertz CT molecular complexity index is 709. The van der Waals surface area contributed by atoms with Gasteiger partial charge in [0, 0.05) is 11.1 Å². The molecule has 2 atom stereocenters. The van der Waals surface area contributed by atoms with Crippen molar-refractivity contribution in [1.82, 2.24) is 0 Å². The number of fused-ring (bicyclic) bond motifs is 3. The average molecular weight is 288 g/mol. The van der Waals surface area contributed by atoms with Crippen molar-refractivity contribution in [3.05, 3.63) is 48.5 Å². The van der Waals surface area contributed by atoms with Gasteiger partial charge < -0.3 is 9.26 Å². The van der Waals surface area contributed by atoms with Gasteiger partial charge in [-0.3, -0.25) is 4.52 Å². The van der Waals surface area contributed by atoms with Crippen molar-refractivity contribution >= 4 is 12.9 Å². The molecule has 20 heavy (non-hydrogen) atoms. The van der Waals surface area contributed by atoms with Crippen LogP contribution in [0.5, 0.6) is 5.75 Å². The summed E-state index contributed by atoms with van der Waals surface area (Å²) in [7, 11) is -3.33. The van der Waals surface area contributed by atoms with Crippen LogP contribution in [0.2, 0.25) is 0 Å². The molecule has 102 valence electrons. The maximum Gasteiger partial charge on any atom is 0.411 e. The molecule has 2 heterocycles. The van der Waals surface area contributed by atoms with Crippen LogP contribution in [-0.2, 0) is 13.8 Å². The van der Waals surface area contributed by atoms with Crippen molar-refractivity contribution in [2.24, 2.45) is 0 Å². The summed E-state index contributed by atoms with van der Waals surface area (Å²) in [5, 5.41) is 0.624. The van der Waals surface area contributed by atoms with Crippen molar-refractivity contribution in [2.75, 3.05) is 13.2 Å². The fourth-order valence-electron chi connectivity index (χ4n) is 2.33. The Balaban J connectivity index is 1.81. The second-order valence-corrected chi connectivity index (χ2v) is 6.77. The molecule has 0 spiro atoms. The molecule has 1 saturated heterocycles. The molecule has 2 unspecified atom stereocenters. The fourth-order valence-corrected chi connectivity index (χ4v) is 4.16. The number of rotatable bonds is 3. The van der Waals surface area contributed by atoms with Crippen molar-refractivity contribution in [3.8, 4) is 16.9 Å². The second-order valence-electron chi connectivity index (χ2n) is 4.85. The van der Waals surface area contributed by atoms with Gasteiger partial charge in [-0.1, -0.05) is 36.4 Å². The van der Waals surface area contributed by atoms with Gasteiger partial charge in [-0.15, -0.1) is 0 Å². The van der Waals surface area contributed by atoms with E-state index in [1.165, 1.54) is 0 Å². The lowest BCUT2D eigenvalue weighted by molar-refractivity contribution is 0.238. The third kappa shape index (κ3) is 1.97. The summed E-state index contributed by atoms with van der Waals surface area (Å²) in [6, 6.07) is 15.1. The summed E-state index contributed by atoms with van der Waals surface area (Å²) in [5.41, 5.74) is 1.86. The zero-order valence-corrected chi connectivity index (χ0v) is 11.6. The number of benzene rings is 2. The molecule has 0 saturated carbocycles. The van der Waals surface area contributed by atoms with E-state index in [-0.39, 0.29) is 6.10 Å². The van der Waals surface area contributed by atoms with Gasteiger partial charge in [0.15, 0.2) is 0 Å². The molecular formula is C15H13O4P.